The molecular formula is C16H10N4S. The van der Waals surface area contributed by atoms with Gasteiger partial charge in [-0.1, -0.05) is 36.4 Å². The Balaban J connectivity index is 1.85. The second-order valence-corrected chi connectivity index (χ2v) is 5.77. The third kappa shape index (κ3) is 1.55. The molecule has 21 heavy (non-hydrogen) atoms. The van der Waals surface area contributed by atoms with E-state index in [1.165, 1.54) is 17.1 Å². The Morgan fingerprint density at radius 1 is 0.952 bits per heavy atom. The molecule has 0 saturated heterocycles. The topological polar surface area (TPSA) is 50.5 Å². The molecule has 0 fully saturated rings. The van der Waals surface area contributed by atoms with Crippen molar-refractivity contribution in [2.24, 2.45) is 9.98 Å². The van der Waals surface area contributed by atoms with Crippen LogP contribution in [0, 0.1) is 0 Å². The van der Waals surface area contributed by atoms with Gasteiger partial charge in [-0.25, -0.2) is 0 Å². The van der Waals surface area contributed by atoms with E-state index in [2.05, 4.69) is 39.1 Å². The summed E-state index contributed by atoms with van der Waals surface area (Å²) >= 11 is 1.24. The van der Waals surface area contributed by atoms with Crippen molar-refractivity contribution in [3.63, 3.8) is 0 Å². The maximum Gasteiger partial charge on any atom is 0.122 e. The average Bonchev–Trinajstić information content (AvgIpc) is 3.02. The molecule has 1 aliphatic carbocycles. The van der Waals surface area contributed by atoms with Crippen LogP contribution in [0.2, 0.25) is 0 Å². The van der Waals surface area contributed by atoms with Crippen LogP contribution in [0.3, 0.4) is 0 Å². The summed E-state index contributed by atoms with van der Waals surface area (Å²) in [4.78, 5) is 9.82. The highest BCUT2D eigenvalue weighted by atomic mass is 32.1. The van der Waals surface area contributed by atoms with Gasteiger partial charge in [-0.2, -0.15) is 8.75 Å². The Labute approximate surface area is 124 Å². The first-order valence-corrected chi connectivity index (χ1v) is 7.57. The SMILES string of the molecule is C1=C[C@@H]2N=c3c(ccc4ccccc34)=N[C@H]2c2nsnc21. The van der Waals surface area contributed by atoms with Gasteiger partial charge in [0.05, 0.1) is 28.5 Å². The molecular weight excluding hydrogens is 280 g/mol. The first-order chi connectivity index (χ1) is 10.4. The second kappa shape index (κ2) is 4.05. The largest absolute Gasteiger partial charge is 0.272 e. The Morgan fingerprint density at radius 2 is 1.90 bits per heavy atom. The molecule has 2 aliphatic rings. The molecule has 4 nitrogen and oxygen atoms in total. The van der Waals surface area contributed by atoms with E-state index in [-0.39, 0.29) is 12.1 Å². The maximum atomic E-state index is 4.93. The van der Waals surface area contributed by atoms with Gasteiger partial charge < -0.3 is 0 Å². The molecule has 2 atom stereocenters. The number of hydrogen-bond donors (Lipinski definition) is 0. The molecule has 5 rings (SSSR count). The monoisotopic (exact) mass is 290 g/mol. The molecule has 0 saturated carbocycles. The fourth-order valence-corrected chi connectivity index (χ4v) is 3.59. The van der Waals surface area contributed by atoms with Crippen molar-refractivity contribution < 1.29 is 0 Å². The van der Waals surface area contributed by atoms with Gasteiger partial charge in [-0.15, -0.1) is 0 Å². The Kier molecular flexibility index (Phi) is 2.18. The van der Waals surface area contributed by atoms with Gasteiger partial charge >= 0.3 is 0 Å². The summed E-state index contributed by atoms with van der Waals surface area (Å²) in [6.07, 6.45) is 4.09. The standard InChI is InChI=1S/C16H10N4S/c1-2-4-10-9(3-1)5-6-11-14(10)17-12-7-8-13-16(15(12)18-11)20-21-19-13/h1-8,12,15H/t12-,15+/m0/s1. The summed E-state index contributed by atoms with van der Waals surface area (Å²) in [6.45, 7) is 0. The molecule has 1 aliphatic heterocycles. The fraction of sp³-hybridized carbons (Fsp3) is 0.125. The molecule has 2 heterocycles. The molecule has 0 spiro atoms. The zero-order chi connectivity index (χ0) is 13.8. The lowest BCUT2D eigenvalue weighted by atomic mass is 9.96. The van der Waals surface area contributed by atoms with E-state index in [0.29, 0.717) is 0 Å². The van der Waals surface area contributed by atoms with Crippen molar-refractivity contribution in [1.29, 1.82) is 0 Å². The molecule has 0 unspecified atom stereocenters. The Bertz CT molecular complexity index is 1020. The van der Waals surface area contributed by atoms with Crippen LogP contribution < -0.4 is 10.7 Å². The lowest BCUT2D eigenvalue weighted by Crippen LogP contribution is -2.36. The number of fused-ring (bicyclic) bond motifs is 6. The van der Waals surface area contributed by atoms with Crippen molar-refractivity contribution in [2.45, 2.75) is 12.1 Å². The first-order valence-electron chi connectivity index (χ1n) is 6.84. The summed E-state index contributed by atoms with van der Waals surface area (Å²) in [7, 11) is 0. The van der Waals surface area contributed by atoms with Crippen LogP contribution in [0.25, 0.3) is 16.8 Å². The molecule has 0 bridgehead atoms. The highest BCUT2D eigenvalue weighted by Gasteiger charge is 2.30. The third-order valence-electron chi connectivity index (χ3n) is 4.03. The van der Waals surface area contributed by atoms with E-state index >= 15 is 0 Å². The summed E-state index contributed by atoms with van der Waals surface area (Å²) < 4.78 is 8.70. The smallest absolute Gasteiger partial charge is 0.122 e. The summed E-state index contributed by atoms with van der Waals surface area (Å²) in [5.74, 6) is 0. The van der Waals surface area contributed by atoms with Crippen LogP contribution >= 0.6 is 11.7 Å². The van der Waals surface area contributed by atoms with Crippen molar-refractivity contribution in [3.05, 3.63) is 64.6 Å². The molecule has 100 valence electrons. The minimum atomic E-state index is -0.0302. The predicted molar refractivity (Wildman–Crippen MR) is 81.7 cm³/mol. The number of rotatable bonds is 0. The highest BCUT2D eigenvalue weighted by molar-refractivity contribution is 6.99. The summed E-state index contributed by atoms with van der Waals surface area (Å²) in [6, 6.07) is 12.5. The van der Waals surface area contributed by atoms with Crippen molar-refractivity contribution in [3.8, 4) is 0 Å². The number of benzene rings is 2. The lowest BCUT2D eigenvalue weighted by Gasteiger charge is -2.22. The third-order valence-corrected chi connectivity index (χ3v) is 4.59. The van der Waals surface area contributed by atoms with E-state index in [1.54, 1.807) is 0 Å². The van der Waals surface area contributed by atoms with E-state index in [0.717, 1.165) is 27.5 Å². The van der Waals surface area contributed by atoms with Crippen molar-refractivity contribution in [2.75, 3.05) is 0 Å². The van der Waals surface area contributed by atoms with Gasteiger partial charge in [0.15, 0.2) is 0 Å². The molecule has 0 N–H and O–H groups in total. The number of nitrogens with zero attached hydrogens (tertiary/aromatic N) is 4. The van der Waals surface area contributed by atoms with Gasteiger partial charge in [-0.3, -0.25) is 9.98 Å². The van der Waals surface area contributed by atoms with Gasteiger partial charge in [0, 0.05) is 5.39 Å². The van der Waals surface area contributed by atoms with E-state index in [9.17, 15) is 0 Å². The van der Waals surface area contributed by atoms with Crippen LogP contribution in [0.4, 0.5) is 0 Å². The molecule has 5 heteroatoms. The fourth-order valence-electron chi connectivity index (χ4n) is 3.01. The zero-order valence-electron chi connectivity index (χ0n) is 11.0. The first kappa shape index (κ1) is 11.3. The zero-order valence-corrected chi connectivity index (χ0v) is 11.8. The molecule has 3 aromatic rings. The Hall–Kier alpha value is -2.40. The van der Waals surface area contributed by atoms with Gasteiger partial charge in [0.2, 0.25) is 0 Å². The van der Waals surface area contributed by atoms with Gasteiger partial charge in [0.1, 0.15) is 17.4 Å². The minimum absolute atomic E-state index is 0.0275. The van der Waals surface area contributed by atoms with Crippen LogP contribution in [-0.4, -0.2) is 14.8 Å². The Morgan fingerprint density at radius 3 is 2.90 bits per heavy atom. The summed E-state index contributed by atoms with van der Waals surface area (Å²) in [5, 5.41) is 4.30. The van der Waals surface area contributed by atoms with Gasteiger partial charge in [-0.05, 0) is 17.5 Å². The average molecular weight is 290 g/mol. The predicted octanol–water partition coefficient (Wildman–Crippen LogP) is 2.08. The van der Waals surface area contributed by atoms with Crippen molar-refractivity contribution >= 4 is 28.6 Å². The van der Waals surface area contributed by atoms with Crippen LogP contribution in [0.1, 0.15) is 17.4 Å². The highest BCUT2D eigenvalue weighted by Crippen LogP contribution is 2.31. The van der Waals surface area contributed by atoms with Crippen LogP contribution in [0.5, 0.6) is 0 Å². The van der Waals surface area contributed by atoms with Gasteiger partial charge in [0.25, 0.3) is 0 Å². The quantitative estimate of drug-likeness (QED) is 0.636. The minimum Gasteiger partial charge on any atom is -0.272 e. The van der Waals surface area contributed by atoms with E-state index < -0.39 is 0 Å². The maximum absolute atomic E-state index is 4.93. The normalized spacial score (nSPS) is 21.9. The molecule has 1 aromatic heterocycles. The van der Waals surface area contributed by atoms with Crippen LogP contribution in [-0.2, 0) is 0 Å². The molecule has 0 radical (unpaired) electrons. The number of hydrogen-bond acceptors (Lipinski definition) is 5. The number of aromatic nitrogens is 2. The second-order valence-electron chi connectivity index (χ2n) is 5.24. The van der Waals surface area contributed by atoms with Crippen molar-refractivity contribution in [1.82, 2.24) is 8.75 Å². The summed E-state index contributed by atoms with van der Waals surface area (Å²) in [5.41, 5.74) is 1.89. The molecule has 2 aromatic carbocycles. The van der Waals surface area contributed by atoms with E-state index in [1.807, 2.05) is 18.2 Å². The molecule has 0 amide bonds. The van der Waals surface area contributed by atoms with E-state index in [4.69, 9.17) is 9.98 Å². The lowest BCUT2D eigenvalue weighted by molar-refractivity contribution is 0.577. The van der Waals surface area contributed by atoms with Crippen LogP contribution in [0.15, 0.2) is 52.5 Å².